The van der Waals surface area contributed by atoms with Gasteiger partial charge in [0.15, 0.2) is 0 Å². The van der Waals surface area contributed by atoms with Crippen LogP contribution in [0, 0.1) is 11.7 Å². The fourth-order valence-corrected chi connectivity index (χ4v) is 5.17. The molecule has 25 heavy (non-hydrogen) atoms. The van der Waals surface area contributed by atoms with Gasteiger partial charge in [-0.15, -0.1) is 0 Å². The summed E-state index contributed by atoms with van der Waals surface area (Å²) in [6.45, 7) is 0.816. The van der Waals surface area contributed by atoms with E-state index in [2.05, 4.69) is 4.72 Å². The van der Waals surface area contributed by atoms with Gasteiger partial charge in [0.25, 0.3) is 0 Å². The number of nitrogens with one attached hydrogen (secondary N) is 1. The lowest BCUT2D eigenvalue weighted by molar-refractivity contribution is -0.129. The number of hydrogen-bond acceptors (Lipinski definition) is 3. The van der Waals surface area contributed by atoms with E-state index in [0.717, 1.165) is 31.7 Å². The fraction of sp³-hybridized carbons (Fsp3) is 0.588. The molecule has 2 aliphatic rings. The highest BCUT2D eigenvalue weighted by Gasteiger charge is 2.35. The molecule has 1 heterocycles. The molecule has 0 spiro atoms. The predicted molar refractivity (Wildman–Crippen MR) is 94.1 cm³/mol. The SMILES string of the molecule is O=C1C[C@@H](CNS(=O)(=O)Cc2cc(F)ccc2Cl)CN1C1CCCC1. The van der Waals surface area contributed by atoms with Crippen molar-refractivity contribution in [3.63, 3.8) is 0 Å². The highest BCUT2D eigenvalue weighted by molar-refractivity contribution is 7.88. The summed E-state index contributed by atoms with van der Waals surface area (Å²) in [4.78, 5) is 14.1. The number of halogens is 2. The molecule has 1 atom stereocenters. The average Bonchev–Trinajstić information content (AvgIpc) is 3.18. The van der Waals surface area contributed by atoms with Gasteiger partial charge >= 0.3 is 0 Å². The molecule has 0 bridgehead atoms. The maximum Gasteiger partial charge on any atom is 0.223 e. The Hall–Kier alpha value is -1.18. The summed E-state index contributed by atoms with van der Waals surface area (Å²) in [5, 5.41) is 0.218. The monoisotopic (exact) mass is 388 g/mol. The Labute approximate surface area is 152 Å². The van der Waals surface area contributed by atoms with Gasteiger partial charge in [0.05, 0.1) is 5.75 Å². The molecule has 1 amide bonds. The smallest absolute Gasteiger partial charge is 0.223 e. The lowest BCUT2D eigenvalue weighted by Crippen LogP contribution is -2.36. The molecule has 1 aliphatic heterocycles. The first-order chi connectivity index (χ1) is 11.8. The number of rotatable bonds is 6. The van der Waals surface area contributed by atoms with Gasteiger partial charge in [0.2, 0.25) is 15.9 Å². The highest BCUT2D eigenvalue weighted by Crippen LogP contribution is 2.29. The first kappa shape index (κ1) is 18.6. The van der Waals surface area contributed by atoms with Crippen LogP contribution in [-0.4, -0.2) is 38.4 Å². The van der Waals surface area contributed by atoms with Crippen LogP contribution < -0.4 is 4.72 Å². The summed E-state index contributed by atoms with van der Waals surface area (Å²) in [5.74, 6) is -0.810. The Morgan fingerprint density at radius 3 is 2.72 bits per heavy atom. The van der Waals surface area contributed by atoms with E-state index in [1.807, 2.05) is 4.90 Å². The third-order valence-corrected chi connectivity index (χ3v) is 6.62. The van der Waals surface area contributed by atoms with Crippen LogP contribution in [0.15, 0.2) is 18.2 Å². The number of likely N-dealkylation sites (tertiary alicyclic amines) is 1. The van der Waals surface area contributed by atoms with Crippen molar-refractivity contribution in [2.45, 2.75) is 43.9 Å². The molecule has 0 unspecified atom stereocenters. The highest BCUT2D eigenvalue weighted by atomic mass is 35.5. The fourth-order valence-electron chi connectivity index (χ4n) is 3.67. The van der Waals surface area contributed by atoms with Crippen LogP contribution in [0.25, 0.3) is 0 Å². The van der Waals surface area contributed by atoms with Gasteiger partial charge in [0, 0.05) is 30.6 Å². The van der Waals surface area contributed by atoms with E-state index in [1.54, 1.807) is 0 Å². The Balaban J connectivity index is 1.55. The van der Waals surface area contributed by atoms with Gasteiger partial charge in [-0.1, -0.05) is 24.4 Å². The lowest BCUT2D eigenvalue weighted by atomic mass is 10.1. The van der Waals surface area contributed by atoms with Crippen molar-refractivity contribution < 1.29 is 17.6 Å². The van der Waals surface area contributed by atoms with E-state index in [0.29, 0.717) is 19.0 Å². The van der Waals surface area contributed by atoms with Crippen LogP contribution in [0.2, 0.25) is 5.02 Å². The molecular formula is C17H22ClFN2O3S. The molecule has 1 saturated carbocycles. The van der Waals surface area contributed by atoms with E-state index in [-0.39, 0.29) is 34.7 Å². The van der Waals surface area contributed by atoms with Gasteiger partial charge in [-0.25, -0.2) is 17.5 Å². The minimum absolute atomic E-state index is 0.0224. The van der Waals surface area contributed by atoms with E-state index in [4.69, 9.17) is 11.6 Å². The molecule has 0 aromatic heterocycles. The molecule has 1 N–H and O–H groups in total. The summed E-state index contributed by atoms with van der Waals surface area (Å²) in [7, 11) is -3.65. The topological polar surface area (TPSA) is 66.5 Å². The van der Waals surface area contributed by atoms with Crippen molar-refractivity contribution in [2.75, 3.05) is 13.1 Å². The second-order valence-electron chi connectivity index (χ2n) is 6.90. The molecular weight excluding hydrogens is 367 g/mol. The van der Waals surface area contributed by atoms with E-state index in [9.17, 15) is 17.6 Å². The van der Waals surface area contributed by atoms with Gasteiger partial charge in [0.1, 0.15) is 5.82 Å². The van der Waals surface area contributed by atoms with Crippen molar-refractivity contribution in [1.29, 1.82) is 0 Å². The standard InChI is InChI=1S/C17H22ClFN2O3S/c18-16-6-5-14(19)8-13(16)11-25(23,24)20-9-12-7-17(22)21(10-12)15-3-1-2-4-15/h5-6,8,12,15,20H,1-4,7,9-11H2/t12-/m0/s1. The average molecular weight is 389 g/mol. The number of amides is 1. The first-order valence-corrected chi connectivity index (χ1v) is 10.6. The van der Waals surface area contributed by atoms with E-state index >= 15 is 0 Å². The predicted octanol–water partition coefficient (Wildman–Crippen LogP) is 2.69. The van der Waals surface area contributed by atoms with Crippen LogP contribution in [0.4, 0.5) is 4.39 Å². The third-order valence-electron chi connectivity index (χ3n) is 4.95. The largest absolute Gasteiger partial charge is 0.339 e. The molecule has 1 aliphatic carbocycles. The summed E-state index contributed by atoms with van der Waals surface area (Å²) in [6.07, 6.45) is 4.77. The molecule has 2 fully saturated rings. The Kier molecular flexibility index (Phi) is 5.65. The molecule has 5 nitrogen and oxygen atoms in total. The maximum absolute atomic E-state index is 13.3. The Morgan fingerprint density at radius 2 is 2.00 bits per heavy atom. The van der Waals surface area contributed by atoms with Crippen LogP contribution in [0.5, 0.6) is 0 Å². The van der Waals surface area contributed by atoms with Crippen LogP contribution in [-0.2, 0) is 20.6 Å². The maximum atomic E-state index is 13.3. The first-order valence-electron chi connectivity index (χ1n) is 8.55. The minimum atomic E-state index is -3.65. The van der Waals surface area contributed by atoms with E-state index in [1.165, 1.54) is 12.1 Å². The van der Waals surface area contributed by atoms with Gasteiger partial charge in [-0.2, -0.15) is 0 Å². The zero-order valence-corrected chi connectivity index (χ0v) is 15.5. The third kappa shape index (κ3) is 4.71. The number of benzene rings is 1. The van der Waals surface area contributed by atoms with Gasteiger partial charge < -0.3 is 4.90 Å². The van der Waals surface area contributed by atoms with Crippen LogP contribution in [0.1, 0.15) is 37.7 Å². The quantitative estimate of drug-likeness (QED) is 0.814. The molecule has 8 heteroatoms. The number of sulfonamides is 1. The van der Waals surface area contributed by atoms with Gasteiger partial charge in [-0.3, -0.25) is 4.79 Å². The molecule has 1 aromatic rings. The van der Waals surface area contributed by atoms with Gasteiger partial charge in [-0.05, 0) is 42.5 Å². The number of hydrogen-bond donors (Lipinski definition) is 1. The summed E-state index contributed by atoms with van der Waals surface area (Å²) >= 11 is 5.93. The second kappa shape index (κ2) is 7.60. The van der Waals surface area contributed by atoms with Crippen molar-refractivity contribution in [3.05, 3.63) is 34.6 Å². The summed E-state index contributed by atoms with van der Waals surface area (Å²) in [5.41, 5.74) is 0.226. The number of nitrogens with zero attached hydrogens (tertiary/aromatic N) is 1. The van der Waals surface area contributed by atoms with Crippen molar-refractivity contribution in [3.8, 4) is 0 Å². The van der Waals surface area contributed by atoms with Crippen molar-refractivity contribution >= 4 is 27.5 Å². The number of carbonyl (C=O) groups is 1. The summed E-state index contributed by atoms with van der Waals surface area (Å²) in [6, 6.07) is 3.98. The summed E-state index contributed by atoms with van der Waals surface area (Å²) < 4.78 is 40.3. The lowest BCUT2D eigenvalue weighted by Gasteiger charge is -2.24. The molecule has 0 radical (unpaired) electrons. The minimum Gasteiger partial charge on any atom is -0.339 e. The normalized spacial score (nSPS) is 22.1. The van der Waals surface area contributed by atoms with Crippen LogP contribution in [0.3, 0.4) is 0 Å². The number of carbonyl (C=O) groups excluding carboxylic acids is 1. The van der Waals surface area contributed by atoms with Crippen LogP contribution >= 0.6 is 11.6 Å². The van der Waals surface area contributed by atoms with E-state index < -0.39 is 15.8 Å². The Bertz CT molecular complexity index is 750. The second-order valence-corrected chi connectivity index (χ2v) is 9.11. The zero-order valence-electron chi connectivity index (χ0n) is 13.9. The Morgan fingerprint density at radius 1 is 1.28 bits per heavy atom. The molecule has 3 rings (SSSR count). The molecule has 1 aromatic carbocycles. The zero-order chi connectivity index (χ0) is 18.0. The molecule has 1 saturated heterocycles. The van der Waals surface area contributed by atoms with Crippen molar-refractivity contribution in [1.82, 2.24) is 9.62 Å². The molecule has 138 valence electrons. The van der Waals surface area contributed by atoms with Crippen molar-refractivity contribution in [2.24, 2.45) is 5.92 Å².